The molecule has 1 aliphatic rings. The van der Waals surface area contributed by atoms with Gasteiger partial charge in [-0.25, -0.2) is 4.68 Å². The SMILES string of the molecule is CC(C)c1nnn(C2(C)CC2)c1F. The highest BCUT2D eigenvalue weighted by Gasteiger charge is 2.43. The van der Waals surface area contributed by atoms with Crippen LogP contribution in [-0.2, 0) is 5.54 Å². The Morgan fingerprint density at radius 3 is 2.46 bits per heavy atom. The largest absolute Gasteiger partial charge is 0.235 e. The molecular weight excluding hydrogens is 169 g/mol. The van der Waals surface area contributed by atoms with Gasteiger partial charge in [0, 0.05) is 5.92 Å². The van der Waals surface area contributed by atoms with Crippen molar-refractivity contribution >= 4 is 0 Å². The predicted octanol–water partition coefficient (Wildman–Crippen LogP) is 2.05. The Balaban J connectivity index is 2.39. The van der Waals surface area contributed by atoms with Gasteiger partial charge in [-0.2, -0.15) is 4.39 Å². The molecule has 0 radical (unpaired) electrons. The lowest BCUT2D eigenvalue weighted by Crippen LogP contribution is -2.16. The molecule has 1 fully saturated rings. The maximum Gasteiger partial charge on any atom is 0.235 e. The minimum Gasteiger partial charge on any atom is -0.213 e. The summed E-state index contributed by atoms with van der Waals surface area (Å²) < 4.78 is 15.1. The molecule has 1 aliphatic carbocycles. The van der Waals surface area contributed by atoms with Crippen molar-refractivity contribution in [3.63, 3.8) is 0 Å². The maximum absolute atomic E-state index is 13.7. The molecule has 0 bridgehead atoms. The molecule has 3 nitrogen and oxygen atoms in total. The van der Waals surface area contributed by atoms with E-state index in [0.717, 1.165) is 12.8 Å². The van der Waals surface area contributed by atoms with Crippen molar-refractivity contribution in [1.29, 1.82) is 0 Å². The lowest BCUT2D eigenvalue weighted by molar-refractivity contribution is 0.370. The van der Waals surface area contributed by atoms with Crippen LogP contribution in [0.15, 0.2) is 0 Å². The van der Waals surface area contributed by atoms with E-state index in [0.29, 0.717) is 5.69 Å². The van der Waals surface area contributed by atoms with E-state index in [1.165, 1.54) is 4.68 Å². The van der Waals surface area contributed by atoms with Crippen molar-refractivity contribution in [2.45, 2.75) is 45.1 Å². The molecule has 0 spiro atoms. The van der Waals surface area contributed by atoms with Crippen LogP contribution in [-0.4, -0.2) is 15.0 Å². The summed E-state index contributed by atoms with van der Waals surface area (Å²) in [6.45, 7) is 5.86. The first kappa shape index (κ1) is 8.66. The highest BCUT2D eigenvalue weighted by atomic mass is 19.1. The zero-order chi connectivity index (χ0) is 9.64. The Hall–Kier alpha value is -0.930. The molecule has 0 N–H and O–H groups in total. The maximum atomic E-state index is 13.7. The first-order chi connectivity index (χ1) is 6.04. The number of rotatable bonds is 2. The number of aromatic nitrogens is 3. The predicted molar refractivity (Wildman–Crippen MR) is 47.0 cm³/mol. The van der Waals surface area contributed by atoms with Gasteiger partial charge < -0.3 is 0 Å². The van der Waals surface area contributed by atoms with Gasteiger partial charge in [0.15, 0.2) is 0 Å². The van der Waals surface area contributed by atoms with E-state index in [1.54, 1.807) is 0 Å². The second-order valence-corrected chi connectivity index (χ2v) is 4.33. The van der Waals surface area contributed by atoms with Crippen LogP contribution < -0.4 is 0 Å². The lowest BCUT2D eigenvalue weighted by Gasteiger charge is -2.08. The summed E-state index contributed by atoms with van der Waals surface area (Å²) in [5.41, 5.74) is 0.387. The molecule has 13 heavy (non-hydrogen) atoms. The Labute approximate surface area is 76.9 Å². The van der Waals surface area contributed by atoms with Crippen LogP contribution in [0.1, 0.15) is 45.2 Å². The molecule has 1 aromatic rings. The molecule has 72 valence electrons. The lowest BCUT2D eigenvalue weighted by atomic mass is 10.1. The smallest absolute Gasteiger partial charge is 0.213 e. The minimum atomic E-state index is -0.255. The summed E-state index contributed by atoms with van der Waals surface area (Å²) in [5.74, 6) is -0.147. The Kier molecular flexibility index (Phi) is 1.68. The van der Waals surface area contributed by atoms with Crippen molar-refractivity contribution in [1.82, 2.24) is 15.0 Å². The van der Waals surface area contributed by atoms with Gasteiger partial charge >= 0.3 is 0 Å². The Bertz CT molecular complexity index is 326. The molecule has 0 unspecified atom stereocenters. The first-order valence-electron chi connectivity index (χ1n) is 4.66. The van der Waals surface area contributed by atoms with Gasteiger partial charge in [-0.05, 0) is 19.8 Å². The zero-order valence-electron chi connectivity index (χ0n) is 8.21. The van der Waals surface area contributed by atoms with E-state index in [1.807, 2.05) is 20.8 Å². The highest BCUT2D eigenvalue weighted by molar-refractivity contribution is 5.06. The summed E-state index contributed by atoms with van der Waals surface area (Å²) in [6, 6.07) is 0. The molecule has 0 saturated heterocycles. The average Bonchev–Trinajstić information content (AvgIpc) is 2.63. The second-order valence-electron chi connectivity index (χ2n) is 4.33. The van der Waals surface area contributed by atoms with Gasteiger partial charge in [-0.1, -0.05) is 19.1 Å². The summed E-state index contributed by atoms with van der Waals surface area (Å²) in [5, 5.41) is 7.72. The van der Waals surface area contributed by atoms with Crippen molar-refractivity contribution in [2.24, 2.45) is 0 Å². The van der Waals surface area contributed by atoms with Gasteiger partial charge in [0.1, 0.15) is 5.69 Å². The van der Waals surface area contributed by atoms with Crippen molar-refractivity contribution in [3.8, 4) is 0 Å². The summed E-state index contributed by atoms with van der Waals surface area (Å²) in [4.78, 5) is 0. The molecule has 0 aliphatic heterocycles. The molecular formula is C9H14FN3. The normalized spacial score (nSPS) is 19.5. The van der Waals surface area contributed by atoms with E-state index in [9.17, 15) is 4.39 Å². The molecule has 1 saturated carbocycles. The Morgan fingerprint density at radius 1 is 1.46 bits per heavy atom. The summed E-state index contributed by atoms with van der Waals surface area (Å²) >= 11 is 0. The highest BCUT2D eigenvalue weighted by Crippen LogP contribution is 2.43. The van der Waals surface area contributed by atoms with Crippen LogP contribution in [0, 0.1) is 5.95 Å². The van der Waals surface area contributed by atoms with Crippen molar-refractivity contribution < 1.29 is 4.39 Å². The molecule has 0 atom stereocenters. The number of halogens is 1. The van der Waals surface area contributed by atoms with Crippen LogP contribution in [0.3, 0.4) is 0 Å². The van der Waals surface area contributed by atoms with Crippen LogP contribution in [0.25, 0.3) is 0 Å². The van der Waals surface area contributed by atoms with Crippen LogP contribution in [0.5, 0.6) is 0 Å². The Morgan fingerprint density at radius 2 is 2.08 bits per heavy atom. The van der Waals surface area contributed by atoms with Crippen LogP contribution in [0.4, 0.5) is 4.39 Å². The van der Waals surface area contributed by atoms with E-state index in [2.05, 4.69) is 10.3 Å². The molecule has 4 heteroatoms. The summed E-state index contributed by atoms with van der Waals surface area (Å²) in [6.07, 6.45) is 2.01. The molecule has 1 heterocycles. The van der Waals surface area contributed by atoms with Gasteiger partial charge in [0.05, 0.1) is 5.54 Å². The third-order valence-electron chi connectivity index (χ3n) is 2.67. The fourth-order valence-corrected chi connectivity index (χ4v) is 1.37. The fourth-order valence-electron chi connectivity index (χ4n) is 1.37. The monoisotopic (exact) mass is 183 g/mol. The molecule has 0 amide bonds. The van der Waals surface area contributed by atoms with Crippen LogP contribution >= 0.6 is 0 Å². The number of nitrogens with zero attached hydrogens (tertiary/aromatic N) is 3. The number of hydrogen-bond donors (Lipinski definition) is 0. The standard InChI is InChI=1S/C9H14FN3/c1-6(2)7-8(10)13(12-11-7)9(3)4-5-9/h6H,4-5H2,1-3H3. The van der Waals surface area contributed by atoms with E-state index in [-0.39, 0.29) is 17.4 Å². The van der Waals surface area contributed by atoms with Gasteiger partial charge in [-0.15, -0.1) is 5.10 Å². The molecule has 0 aromatic carbocycles. The quantitative estimate of drug-likeness (QED) is 0.702. The van der Waals surface area contributed by atoms with Gasteiger partial charge in [0.25, 0.3) is 0 Å². The van der Waals surface area contributed by atoms with Crippen molar-refractivity contribution in [2.75, 3.05) is 0 Å². The van der Waals surface area contributed by atoms with Gasteiger partial charge in [-0.3, -0.25) is 0 Å². The van der Waals surface area contributed by atoms with Crippen molar-refractivity contribution in [3.05, 3.63) is 11.6 Å². The van der Waals surface area contributed by atoms with Crippen LogP contribution in [0.2, 0.25) is 0 Å². The minimum absolute atomic E-state index is 0.0930. The molecule has 1 aromatic heterocycles. The first-order valence-corrected chi connectivity index (χ1v) is 4.66. The molecule has 2 rings (SSSR count). The zero-order valence-corrected chi connectivity index (χ0v) is 8.21. The van der Waals surface area contributed by atoms with E-state index >= 15 is 0 Å². The summed E-state index contributed by atoms with van der Waals surface area (Å²) in [7, 11) is 0. The van der Waals surface area contributed by atoms with E-state index in [4.69, 9.17) is 0 Å². The third-order valence-corrected chi connectivity index (χ3v) is 2.67. The number of hydrogen-bond acceptors (Lipinski definition) is 2. The topological polar surface area (TPSA) is 30.7 Å². The second kappa shape index (κ2) is 2.53. The third kappa shape index (κ3) is 1.24. The fraction of sp³-hybridized carbons (Fsp3) is 0.778. The average molecular weight is 183 g/mol. The van der Waals surface area contributed by atoms with E-state index < -0.39 is 0 Å². The van der Waals surface area contributed by atoms with Gasteiger partial charge in [0.2, 0.25) is 5.95 Å².